The molecule has 2 nitrogen and oxygen atoms in total. The van der Waals surface area contributed by atoms with Gasteiger partial charge in [-0.2, -0.15) is 0 Å². The van der Waals surface area contributed by atoms with Crippen molar-refractivity contribution in [3.8, 4) is 11.5 Å². The molecule has 3 heteroatoms. The number of ether oxygens (including phenoxy) is 1. The van der Waals surface area contributed by atoms with Crippen LogP contribution in [0.5, 0.6) is 0 Å². The molecule has 1 aliphatic heterocycles. The van der Waals surface area contributed by atoms with Crippen molar-refractivity contribution in [1.29, 1.82) is 0 Å². The van der Waals surface area contributed by atoms with Gasteiger partial charge in [0.25, 0.3) is 0 Å². The van der Waals surface area contributed by atoms with Crippen LogP contribution >= 0.6 is 0 Å². The van der Waals surface area contributed by atoms with Crippen LogP contribution in [0.2, 0.25) is 19.6 Å². The van der Waals surface area contributed by atoms with E-state index >= 15 is 0 Å². The molecule has 0 saturated carbocycles. The molecular formula is C9H16O2Si. The second kappa shape index (κ2) is 3.21. The van der Waals surface area contributed by atoms with Gasteiger partial charge in [-0.15, -0.1) is 5.54 Å². The van der Waals surface area contributed by atoms with E-state index in [0.717, 1.165) is 0 Å². The average Bonchev–Trinajstić information content (AvgIpc) is 2.60. The second-order valence-electron chi connectivity index (χ2n) is 4.27. The summed E-state index contributed by atoms with van der Waals surface area (Å²) in [5.74, 6) is 2.86. The molecule has 1 heterocycles. The lowest BCUT2D eigenvalue weighted by Gasteiger charge is -2.04. The molecular weight excluding hydrogens is 168 g/mol. The smallest absolute Gasteiger partial charge is 0.142 e. The molecule has 0 aromatic carbocycles. The largest absolute Gasteiger partial charge is 0.378 e. The Labute approximate surface area is 74.9 Å². The van der Waals surface area contributed by atoms with E-state index in [2.05, 4.69) is 31.1 Å². The fourth-order valence-corrected chi connectivity index (χ4v) is 1.49. The Morgan fingerprint density at radius 1 is 1.42 bits per heavy atom. The molecule has 3 atom stereocenters. The minimum absolute atomic E-state index is 0.0335. The maximum Gasteiger partial charge on any atom is 0.142 e. The molecule has 12 heavy (non-hydrogen) atoms. The van der Waals surface area contributed by atoms with Crippen LogP contribution in [0, 0.1) is 11.5 Å². The quantitative estimate of drug-likeness (QED) is 0.375. The molecule has 0 radical (unpaired) electrons. The van der Waals surface area contributed by atoms with Crippen molar-refractivity contribution in [3.63, 3.8) is 0 Å². The number of epoxide rings is 1. The van der Waals surface area contributed by atoms with Crippen LogP contribution in [0.25, 0.3) is 0 Å². The zero-order valence-electron chi connectivity index (χ0n) is 8.09. The Morgan fingerprint density at radius 3 is 2.25 bits per heavy atom. The minimum atomic E-state index is -1.34. The molecule has 0 aromatic rings. The molecule has 1 N–H and O–H groups in total. The SMILES string of the molecule is C[C@@H]1O[C@H]1[C@@H](O)C#C[Si](C)(C)C. The molecule has 0 aromatic heterocycles. The van der Waals surface area contributed by atoms with Crippen molar-refractivity contribution in [2.45, 2.75) is 44.9 Å². The third kappa shape index (κ3) is 2.98. The summed E-state index contributed by atoms with van der Waals surface area (Å²) in [6.45, 7) is 8.42. The monoisotopic (exact) mass is 184 g/mol. The molecule has 1 rings (SSSR count). The van der Waals surface area contributed by atoms with Crippen molar-refractivity contribution >= 4 is 8.07 Å². The molecule has 0 spiro atoms. The van der Waals surface area contributed by atoms with Crippen molar-refractivity contribution < 1.29 is 9.84 Å². The molecule has 1 aliphatic rings. The highest BCUT2D eigenvalue weighted by atomic mass is 28.3. The number of hydrogen-bond acceptors (Lipinski definition) is 2. The summed E-state index contributed by atoms with van der Waals surface area (Å²) in [6.07, 6.45) is -0.420. The van der Waals surface area contributed by atoms with E-state index in [1.54, 1.807) is 0 Å². The van der Waals surface area contributed by atoms with Crippen LogP contribution in [0.4, 0.5) is 0 Å². The van der Waals surface area contributed by atoms with Crippen LogP contribution in [0.1, 0.15) is 6.92 Å². The van der Waals surface area contributed by atoms with Gasteiger partial charge in [0, 0.05) is 0 Å². The van der Waals surface area contributed by atoms with Crippen molar-refractivity contribution in [2.24, 2.45) is 0 Å². The van der Waals surface area contributed by atoms with Crippen molar-refractivity contribution in [2.75, 3.05) is 0 Å². The lowest BCUT2D eigenvalue weighted by molar-refractivity contribution is 0.186. The van der Waals surface area contributed by atoms with Gasteiger partial charge in [0.2, 0.25) is 0 Å². The number of aliphatic hydroxyl groups is 1. The Kier molecular flexibility index (Phi) is 2.62. The van der Waals surface area contributed by atoms with E-state index in [-0.39, 0.29) is 12.2 Å². The standard InChI is InChI=1S/C9H16O2Si/c1-7-9(11-7)8(10)5-6-12(2,3)4/h7-10H,1-4H3/t7-,8-,9+/m0/s1. The Bertz CT molecular complexity index is 221. The van der Waals surface area contributed by atoms with E-state index in [4.69, 9.17) is 4.74 Å². The predicted molar refractivity (Wildman–Crippen MR) is 51.5 cm³/mol. The first-order valence-electron chi connectivity index (χ1n) is 4.26. The van der Waals surface area contributed by atoms with Gasteiger partial charge in [-0.05, 0) is 6.92 Å². The van der Waals surface area contributed by atoms with Gasteiger partial charge in [-0.25, -0.2) is 0 Å². The van der Waals surface area contributed by atoms with Gasteiger partial charge < -0.3 is 9.84 Å². The Balaban J connectivity index is 2.43. The highest BCUT2D eigenvalue weighted by Crippen LogP contribution is 2.24. The summed E-state index contributed by atoms with van der Waals surface area (Å²) in [7, 11) is -1.34. The van der Waals surface area contributed by atoms with Gasteiger partial charge in [0.1, 0.15) is 20.3 Å². The molecule has 68 valence electrons. The lowest BCUT2D eigenvalue weighted by atomic mass is 10.2. The second-order valence-corrected chi connectivity index (χ2v) is 9.02. The summed E-state index contributed by atoms with van der Waals surface area (Å²) in [4.78, 5) is 0. The molecule has 1 saturated heterocycles. The number of hydrogen-bond donors (Lipinski definition) is 1. The maximum atomic E-state index is 9.45. The third-order valence-corrected chi connectivity index (χ3v) is 2.56. The highest BCUT2D eigenvalue weighted by Gasteiger charge is 2.39. The fraction of sp³-hybridized carbons (Fsp3) is 0.778. The van der Waals surface area contributed by atoms with E-state index in [0.29, 0.717) is 0 Å². The third-order valence-electron chi connectivity index (χ3n) is 1.66. The molecule has 0 amide bonds. The number of aliphatic hydroxyl groups excluding tert-OH is 1. The fourth-order valence-electron chi connectivity index (χ4n) is 0.906. The van der Waals surface area contributed by atoms with Crippen LogP contribution in [-0.4, -0.2) is 31.5 Å². The number of rotatable bonds is 1. The summed E-state index contributed by atoms with van der Waals surface area (Å²) in [6, 6.07) is 0. The molecule has 0 aliphatic carbocycles. The molecule has 0 unspecified atom stereocenters. The van der Waals surface area contributed by atoms with E-state index in [1.165, 1.54) is 0 Å². The Morgan fingerprint density at radius 2 is 1.92 bits per heavy atom. The van der Waals surface area contributed by atoms with Crippen LogP contribution < -0.4 is 0 Å². The van der Waals surface area contributed by atoms with Crippen molar-refractivity contribution in [1.82, 2.24) is 0 Å². The average molecular weight is 184 g/mol. The first kappa shape index (κ1) is 9.78. The summed E-state index contributed by atoms with van der Waals surface area (Å²) < 4.78 is 5.11. The zero-order chi connectivity index (χ0) is 9.35. The van der Waals surface area contributed by atoms with E-state index in [9.17, 15) is 5.11 Å². The van der Waals surface area contributed by atoms with Gasteiger partial charge in [0.05, 0.1) is 6.10 Å². The lowest BCUT2D eigenvalue weighted by Crippen LogP contribution is -2.20. The van der Waals surface area contributed by atoms with Gasteiger partial charge in [-0.3, -0.25) is 0 Å². The van der Waals surface area contributed by atoms with Gasteiger partial charge in [0.15, 0.2) is 0 Å². The van der Waals surface area contributed by atoms with Gasteiger partial charge in [-0.1, -0.05) is 25.6 Å². The maximum absolute atomic E-state index is 9.45. The van der Waals surface area contributed by atoms with Crippen molar-refractivity contribution in [3.05, 3.63) is 0 Å². The van der Waals surface area contributed by atoms with Crippen LogP contribution in [0.3, 0.4) is 0 Å². The van der Waals surface area contributed by atoms with Gasteiger partial charge >= 0.3 is 0 Å². The minimum Gasteiger partial charge on any atom is -0.378 e. The zero-order valence-corrected chi connectivity index (χ0v) is 9.09. The predicted octanol–water partition coefficient (Wildman–Crippen LogP) is 1.02. The summed E-state index contributed by atoms with van der Waals surface area (Å²) in [5, 5.41) is 9.45. The van der Waals surface area contributed by atoms with E-state index in [1.807, 2.05) is 6.92 Å². The first-order valence-corrected chi connectivity index (χ1v) is 7.76. The van der Waals surface area contributed by atoms with Crippen LogP contribution in [-0.2, 0) is 4.74 Å². The van der Waals surface area contributed by atoms with Crippen LogP contribution in [0.15, 0.2) is 0 Å². The topological polar surface area (TPSA) is 32.8 Å². The summed E-state index contributed by atoms with van der Waals surface area (Å²) >= 11 is 0. The summed E-state index contributed by atoms with van der Waals surface area (Å²) in [5.41, 5.74) is 3.12. The van der Waals surface area contributed by atoms with E-state index < -0.39 is 14.2 Å². The Hall–Kier alpha value is -0.303. The normalized spacial score (nSPS) is 30.4. The molecule has 0 bridgehead atoms. The first-order chi connectivity index (χ1) is 5.40. The molecule has 1 fully saturated rings. The highest BCUT2D eigenvalue weighted by molar-refractivity contribution is 6.83.